The van der Waals surface area contributed by atoms with Crippen LogP contribution in [0.1, 0.15) is 12.5 Å². The van der Waals surface area contributed by atoms with E-state index in [4.69, 9.17) is 15.2 Å². The first-order valence-corrected chi connectivity index (χ1v) is 6.01. The molecule has 0 fully saturated rings. The van der Waals surface area contributed by atoms with Crippen LogP contribution in [0.25, 0.3) is 0 Å². The van der Waals surface area contributed by atoms with Crippen LogP contribution in [-0.4, -0.2) is 32.3 Å². The molecule has 5 heteroatoms. The largest absolute Gasteiger partial charge is 0.494 e. The van der Waals surface area contributed by atoms with Crippen LogP contribution in [0.5, 0.6) is 5.75 Å². The molecular weight excluding hydrogens is 232 g/mol. The lowest BCUT2D eigenvalue weighted by molar-refractivity contribution is -0.122. The molecule has 0 unspecified atom stereocenters. The topological polar surface area (TPSA) is 73.6 Å². The van der Waals surface area contributed by atoms with Gasteiger partial charge in [0.25, 0.3) is 0 Å². The maximum atomic E-state index is 10.4. The Bertz CT molecular complexity index is 352. The van der Waals surface area contributed by atoms with Crippen LogP contribution in [0.2, 0.25) is 0 Å². The van der Waals surface area contributed by atoms with Crippen LogP contribution in [0.15, 0.2) is 24.3 Å². The first-order valence-electron chi connectivity index (χ1n) is 6.01. The summed E-state index contributed by atoms with van der Waals surface area (Å²) in [6.07, 6.45) is 0. The molecule has 0 aromatic heterocycles. The van der Waals surface area contributed by atoms with E-state index in [0.717, 1.165) is 12.3 Å². The van der Waals surface area contributed by atoms with E-state index in [1.807, 2.05) is 31.2 Å². The minimum Gasteiger partial charge on any atom is -0.494 e. The normalized spacial score (nSPS) is 10.3. The Morgan fingerprint density at radius 3 is 2.67 bits per heavy atom. The van der Waals surface area contributed by atoms with Gasteiger partial charge < -0.3 is 20.5 Å². The van der Waals surface area contributed by atoms with Crippen molar-refractivity contribution in [2.24, 2.45) is 5.73 Å². The number of carbonyl (C=O) groups is 1. The second kappa shape index (κ2) is 8.49. The summed E-state index contributed by atoms with van der Waals surface area (Å²) in [6, 6.07) is 7.93. The van der Waals surface area contributed by atoms with Crippen LogP contribution in [-0.2, 0) is 16.1 Å². The number of nitrogens with one attached hydrogen (secondary N) is 1. The molecule has 1 aromatic rings. The number of nitrogens with two attached hydrogens (primary N) is 1. The highest BCUT2D eigenvalue weighted by Gasteiger charge is 1.96. The van der Waals surface area contributed by atoms with E-state index < -0.39 is 5.91 Å². The van der Waals surface area contributed by atoms with Gasteiger partial charge in [0, 0.05) is 13.1 Å². The smallest absolute Gasteiger partial charge is 0.243 e. The van der Waals surface area contributed by atoms with Crippen molar-refractivity contribution >= 4 is 5.91 Å². The fourth-order valence-corrected chi connectivity index (χ4v) is 1.42. The summed E-state index contributed by atoms with van der Waals surface area (Å²) >= 11 is 0. The van der Waals surface area contributed by atoms with Crippen molar-refractivity contribution in [3.8, 4) is 5.75 Å². The van der Waals surface area contributed by atoms with Gasteiger partial charge in [-0.2, -0.15) is 0 Å². The summed E-state index contributed by atoms with van der Waals surface area (Å²) in [7, 11) is 0. The van der Waals surface area contributed by atoms with Gasteiger partial charge in [0.2, 0.25) is 5.91 Å². The second-order valence-electron chi connectivity index (χ2n) is 3.77. The molecule has 0 spiro atoms. The SMILES string of the molecule is CCOc1ccc(CNCCOCC(N)=O)cc1. The van der Waals surface area contributed by atoms with Crippen molar-refractivity contribution in [1.82, 2.24) is 5.32 Å². The highest BCUT2D eigenvalue weighted by Crippen LogP contribution is 2.11. The summed E-state index contributed by atoms with van der Waals surface area (Å²) in [4.78, 5) is 10.4. The fraction of sp³-hybridized carbons (Fsp3) is 0.462. The molecule has 0 aliphatic carbocycles. The van der Waals surface area contributed by atoms with Gasteiger partial charge >= 0.3 is 0 Å². The van der Waals surface area contributed by atoms with Gasteiger partial charge in [0.05, 0.1) is 13.2 Å². The molecule has 18 heavy (non-hydrogen) atoms. The number of benzene rings is 1. The number of amides is 1. The molecule has 1 rings (SSSR count). The van der Waals surface area contributed by atoms with Gasteiger partial charge in [-0.15, -0.1) is 0 Å². The second-order valence-corrected chi connectivity index (χ2v) is 3.77. The molecular formula is C13H20N2O3. The minimum atomic E-state index is -0.443. The van der Waals surface area contributed by atoms with Crippen LogP contribution >= 0.6 is 0 Å². The Morgan fingerprint density at radius 1 is 1.33 bits per heavy atom. The summed E-state index contributed by atoms with van der Waals surface area (Å²) in [5, 5.41) is 3.21. The van der Waals surface area contributed by atoms with Gasteiger partial charge in [0.15, 0.2) is 0 Å². The van der Waals surface area contributed by atoms with E-state index >= 15 is 0 Å². The molecule has 5 nitrogen and oxygen atoms in total. The standard InChI is InChI=1S/C13H20N2O3/c1-2-18-12-5-3-11(4-6-12)9-15-7-8-17-10-13(14)16/h3-6,15H,2,7-10H2,1H3,(H2,14,16). The van der Waals surface area contributed by atoms with Crippen LogP contribution in [0.3, 0.4) is 0 Å². The molecule has 0 radical (unpaired) electrons. The summed E-state index contributed by atoms with van der Waals surface area (Å²) < 4.78 is 10.4. The van der Waals surface area contributed by atoms with E-state index in [1.165, 1.54) is 5.56 Å². The first kappa shape index (κ1) is 14.5. The molecule has 0 atom stereocenters. The highest BCUT2D eigenvalue weighted by atomic mass is 16.5. The maximum Gasteiger partial charge on any atom is 0.243 e. The summed E-state index contributed by atoms with van der Waals surface area (Å²) in [5.41, 5.74) is 6.12. The molecule has 0 aliphatic rings. The number of carbonyl (C=O) groups excluding carboxylic acids is 1. The maximum absolute atomic E-state index is 10.4. The number of ether oxygens (including phenoxy) is 2. The number of rotatable bonds is 9. The Hall–Kier alpha value is -1.59. The van der Waals surface area contributed by atoms with E-state index in [2.05, 4.69) is 5.32 Å². The van der Waals surface area contributed by atoms with Gasteiger partial charge in [-0.25, -0.2) is 0 Å². The zero-order valence-electron chi connectivity index (χ0n) is 10.6. The van der Waals surface area contributed by atoms with E-state index in [-0.39, 0.29) is 6.61 Å². The third-order valence-electron chi connectivity index (χ3n) is 2.23. The summed E-state index contributed by atoms with van der Waals surface area (Å²) in [5.74, 6) is 0.438. The third-order valence-corrected chi connectivity index (χ3v) is 2.23. The van der Waals surface area contributed by atoms with Crippen LogP contribution in [0, 0.1) is 0 Å². The Labute approximate surface area is 107 Å². The quantitative estimate of drug-likeness (QED) is 0.634. The van der Waals surface area contributed by atoms with Crippen molar-refractivity contribution in [2.75, 3.05) is 26.4 Å². The van der Waals surface area contributed by atoms with Gasteiger partial charge in [-0.3, -0.25) is 4.79 Å². The first-order chi connectivity index (χ1) is 8.72. The zero-order valence-corrected chi connectivity index (χ0v) is 10.6. The Morgan fingerprint density at radius 2 is 2.06 bits per heavy atom. The molecule has 0 aliphatic heterocycles. The predicted molar refractivity (Wildman–Crippen MR) is 69.3 cm³/mol. The van der Waals surface area contributed by atoms with Crippen molar-refractivity contribution in [2.45, 2.75) is 13.5 Å². The number of primary amides is 1. The lowest BCUT2D eigenvalue weighted by atomic mass is 10.2. The average Bonchev–Trinajstić information content (AvgIpc) is 2.35. The average molecular weight is 252 g/mol. The van der Waals surface area contributed by atoms with Gasteiger partial charge in [0.1, 0.15) is 12.4 Å². The van der Waals surface area contributed by atoms with Crippen molar-refractivity contribution < 1.29 is 14.3 Å². The van der Waals surface area contributed by atoms with Crippen LogP contribution < -0.4 is 15.8 Å². The Balaban J connectivity index is 2.13. The molecule has 1 amide bonds. The van der Waals surface area contributed by atoms with Crippen molar-refractivity contribution in [1.29, 1.82) is 0 Å². The lowest BCUT2D eigenvalue weighted by Crippen LogP contribution is -2.23. The van der Waals surface area contributed by atoms with E-state index in [9.17, 15) is 4.79 Å². The third kappa shape index (κ3) is 6.22. The van der Waals surface area contributed by atoms with Crippen molar-refractivity contribution in [3.63, 3.8) is 0 Å². The van der Waals surface area contributed by atoms with Gasteiger partial charge in [-0.05, 0) is 24.6 Å². The fourth-order valence-electron chi connectivity index (χ4n) is 1.42. The number of hydrogen-bond donors (Lipinski definition) is 2. The molecule has 0 heterocycles. The van der Waals surface area contributed by atoms with E-state index in [1.54, 1.807) is 0 Å². The lowest BCUT2D eigenvalue weighted by Gasteiger charge is -2.07. The number of hydrogen-bond acceptors (Lipinski definition) is 4. The minimum absolute atomic E-state index is 0.0231. The molecule has 0 saturated carbocycles. The predicted octanol–water partition coefficient (Wildman–Crippen LogP) is 0.677. The monoisotopic (exact) mass is 252 g/mol. The Kier molecular flexibility index (Phi) is 6.83. The molecule has 1 aromatic carbocycles. The highest BCUT2D eigenvalue weighted by molar-refractivity contribution is 5.74. The van der Waals surface area contributed by atoms with Crippen LogP contribution in [0.4, 0.5) is 0 Å². The molecule has 0 saturated heterocycles. The van der Waals surface area contributed by atoms with Crippen molar-refractivity contribution in [3.05, 3.63) is 29.8 Å². The van der Waals surface area contributed by atoms with E-state index in [0.29, 0.717) is 19.8 Å². The van der Waals surface area contributed by atoms with Gasteiger partial charge in [-0.1, -0.05) is 12.1 Å². The molecule has 3 N–H and O–H groups in total. The molecule has 100 valence electrons. The molecule has 0 bridgehead atoms. The zero-order chi connectivity index (χ0) is 13.2. The summed E-state index contributed by atoms with van der Waals surface area (Å²) in [6.45, 7) is 4.52.